The minimum atomic E-state index is -1.30. The van der Waals surface area contributed by atoms with E-state index in [0.717, 1.165) is 52.2 Å². The van der Waals surface area contributed by atoms with Crippen molar-refractivity contribution in [1.29, 1.82) is 0 Å². The summed E-state index contributed by atoms with van der Waals surface area (Å²) < 4.78 is 90.6. The van der Waals surface area contributed by atoms with Gasteiger partial charge in [0.05, 0.1) is 131 Å². The van der Waals surface area contributed by atoms with Crippen molar-refractivity contribution < 1.29 is 65.7 Å². The third-order valence-corrected chi connectivity index (χ3v) is 10.1. The maximum Gasteiger partial charge on any atom is 0.313 e. The maximum atomic E-state index is 13.5. The second-order valence-electron chi connectivity index (χ2n) is 14.6. The molecule has 2 fully saturated rings. The summed E-state index contributed by atoms with van der Waals surface area (Å²) in [5, 5.41) is 17.7. The van der Waals surface area contributed by atoms with Crippen LogP contribution in [0.5, 0.6) is 5.75 Å². The molecular formula is C41H67F3N6O11. The predicted octanol–water partition coefficient (Wildman–Crippen LogP) is 2.18. The normalized spacial score (nSPS) is 16.6. The van der Waals surface area contributed by atoms with E-state index in [-0.39, 0.29) is 26.2 Å². The lowest BCUT2D eigenvalue weighted by Crippen LogP contribution is -2.47. The number of halogens is 3. The van der Waals surface area contributed by atoms with Gasteiger partial charge in [-0.1, -0.05) is 5.21 Å². The molecule has 0 amide bonds. The Labute approximate surface area is 357 Å². The molecule has 4 rings (SSSR count). The van der Waals surface area contributed by atoms with Crippen LogP contribution in [0.3, 0.4) is 0 Å². The molecule has 0 bridgehead atoms. The molecule has 61 heavy (non-hydrogen) atoms. The molecule has 0 spiro atoms. The van der Waals surface area contributed by atoms with Gasteiger partial charge in [0.2, 0.25) is 5.75 Å². The van der Waals surface area contributed by atoms with E-state index < -0.39 is 29.2 Å². The van der Waals surface area contributed by atoms with Crippen molar-refractivity contribution >= 4 is 5.97 Å². The second-order valence-corrected chi connectivity index (χ2v) is 14.6. The number of esters is 1. The summed E-state index contributed by atoms with van der Waals surface area (Å²) in [5.41, 5.74) is 0.717. The molecule has 2 aliphatic rings. The molecule has 1 aromatic carbocycles. The Bertz CT molecular complexity index is 1420. The van der Waals surface area contributed by atoms with E-state index >= 15 is 0 Å². The number of aliphatic hydroxyl groups is 1. The highest BCUT2D eigenvalue weighted by Crippen LogP contribution is 2.23. The third kappa shape index (κ3) is 22.4. The summed E-state index contributed by atoms with van der Waals surface area (Å²) in [6, 6.07) is 1.24. The molecule has 1 aromatic heterocycles. The van der Waals surface area contributed by atoms with E-state index in [0.29, 0.717) is 123 Å². The Hall–Kier alpha value is -2.86. The Morgan fingerprint density at radius 3 is 1.74 bits per heavy atom. The standard InChI is InChI=1S/C41H67F3N6O11/c42-35-30-38(43)41(39(44)31-35)61-40(52)5-15-53-18-21-56-24-25-58-23-20-55-17-14-50-32-36(45-46-50)34-60-29-28-59-27-26-57-22-19-54-16-13-48-11-9-47(10-12-48)6-1-2-7-49-8-3-4-37(49)33-51/h30-32,37,51H,1-29,33-34H2/t37-/m0/s1. The van der Waals surface area contributed by atoms with Gasteiger partial charge in [0, 0.05) is 50.9 Å². The van der Waals surface area contributed by atoms with Gasteiger partial charge in [-0.3, -0.25) is 14.6 Å². The molecule has 0 unspecified atom stereocenters. The largest absolute Gasteiger partial charge is 0.420 e. The number of aliphatic hydroxyl groups excluding tert-OH is 1. The lowest BCUT2D eigenvalue weighted by molar-refractivity contribution is -0.136. The molecule has 3 heterocycles. The number of nitrogens with zero attached hydrogens (tertiary/aromatic N) is 6. The van der Waals surface area contributed by atoms with Gasteiger partial charge in [-0.15, -0.1) is 5.10 Å². The summed E-state index contributed by atoms with van der Waals surface area (Å²) in [5.74, 6) is -5.56. The first-order valence-electron chi connectivity index (χ1n) is 21.6. The first kappa shape index (κ1) is 50.8. The second kappa shape index (κ2) is 31.9. The first-order valence-corrected chi connectivity index (χ1v) is 21.6. The summed E-state index contributed by atoms with van der Waals surface area (Å²) in [4.78, 5) is 19.2. The van der Waals surface area contributed by atoms with E-state index in [1.54, 1.807) is 4.68 Å². The molecule has 2 saturated heterocycles. The van der Waals surface area contributed by atoms with Gasteiger partial charge in [-0.25, -0.2) is 17.9 Å². The van der Waals surface area contributed by atoms with Crippen LogP contribution in [0.1, 0.15) is 37.8 Å². The Balaban J connectivity index is 0.821. The van der Waals surface area contributed by atoms with Gasteiger partial charge in [0.25, 0.3) is 0 Å². The summed E-state index contributed by atoms with van der Waals surface area (Å²) in [6.07, 6.45) is 6.36. The summed E-state index contributed by atoms with van der Waals surface area (Å²) >= 11 is 0. The number of carbonyl (C=O) groups excluding carboxylic acids is 1. The number of benzene rings is 1. The molecule has 0 radical (unpaired) electrons. The van der Waals surface area contributed by atoms with Gasteiger partial charge in [0.15, 0.2) is 11.6 Å². The molecule has 1 N–H and O–H groups in total. The molecule has 0 saturated carbocycles. The van der Waals surface area contributed by atoms with Gasteiger partial charge >= 0.3 is 5.97 Å². The maximum absolute atomic E-state index is 13.5. The van der Waals surface area contributed by atoms with E-state index in [2.05, 4.69) is 29.7 Å². The highest BCUT2D eigenvalue weighted by molar-refractivity contribution is 5.72. The van der Waals surface area contributed by atoms with Crippen LogP contribution in [0.25, 0.3) is 0 Å². The number of likely N-dealkylation sites (tertiary alicyclic amines) is 1. The smallest absolute Gasteiger partial charge is 0.313 e. The van der Waals surface area contributed by atoms with Crippen molar-refractivity contribution in [2.45, 2.75) is 51.3 Å². The zero-order valence-corrected chi connectivity index (χ0v) is 35.6. The third-order valence-electron chi connectivity index (χ3n) is 10.1. The zero-order valence-electron chi connectivity index (χ0n) is 35.6. The molecule has 17 nitrogen and oxygen atoms in total. The number of hydrogen-bond donors (Lipinski definition) is 1. The number of carbonyl (C=O) groups is 1. The quantitative estimate of drug-likeness (QED) is 0.0603. The Morgan fingerprint density at radius 1 is 0.639 bits per heavy atom. The lowest BCUT2D eigenvalue weighted by Gasteiger charge is -2.34. The summed E-state index contributed by atoms with van der Waals surface area (Å²) in [7, 11) is 0. The Kier molecular flexibility index (Phi) is 26.6. The molecule has 348 valence electrons. The number of piperazine rings is 1. The monoisotopic (exact) mass is 876 g/mol. The molecular weight excluding hydrogens is 809 g/mol. The topological polar surface area (TPSA) is 161 Å². The van der Waals surface area contributed by atoms with Crippen molar-refractivity contribution in [3.05, 3.63) is 41.5 Å². The van der Waals surface area contributed by atoms with Crippen LogP contribution in [-0.4, -0.2) is 205 Å². The average molecular weight is 877 g/mol. The van der Waals surface area contributed by atoms with Gasteiger partial charge in [-0.05, 0) is 45.3 Å². The van der Waals surface area contributed by atoms with Crippen molar-refractivity contribution in [1.82, 2.24) is 29.7 Å². The molecule has 0 aliphatic carbocycles. The number of aromatic nitrogens is 3. The van der Waals surface area contributed by atoms with Crippen LogP contribution >= 0.6 is 0 Å². The van der Waals surface area contributed by atoms with E-state index in [4.69, 9.17) is 37.9 Å². The van der Waals surface area contributed by atoms with E-state index in [1.165, 1.54) is 25.8 Å². The highest BCUT2D eigenvalue weighted by atomic mass is 19.1. The van der Waals surface area contributed by atoms with Gasteiger partial charge in [-0.2, -0.15) is 0 Å². The highest BCUT2D eigenvalue weighted by Gasteiger charge is 2.23. The van der Waals surface area contributed by atoms with Crippen LogP contribution in [0, 0.1) is 17.5 Å². The van der Waals surface area contributed by atoms with Crippen molar-refractivity contribution in [2.24, 2.45) is 0 Å². The summed E-state index contributed by atoms with van der Waals surface area (Å²) in [6.45, 7) is 16.0. The molecule has 1 atom stereocenters. The van der Waals surface area contributed by atoms with Crippen molar-refractivity contribution in [3.63, 3.8) is 0 Å². The first-order chi connectivity index (χ1) is 29.9. The van der Waals surface area contributed by atoms with Crippen molar-refractivity contribution in [2.75, 3.05) is 158 Å². The fourth-order valence-corrected chi connectivity index (χ4v) is 6.69. The van der Waals surface area contributed by atoms with Crippen LogP contribution in [0.15, 0.2) is 18.3 Å². The number of hydrogen-bond acceptors (Lipinski definition) is 16. The predicted molar refractivity (Wildman–Crippen MR) is 216 cm³/mol. The van der Waals surface area contributed by atoms with Crippen LogP contribution in [0.4, 0.5) is 13.2 Å². The lowest BCUT2D eigenvalue weighted by atomic mass is 10.2. The number of rotatable bonds is 36. The fourth-order valence-electron chi connectivity index (χ4n) is 6.69. The van der Waals surface area contributed by atoms with E-state index in [1.807, 2.05) is 6.20 Å². The molecule has 2 aromatic rings. The number of ether oxygens (including phenoxy) is 9. The fraction of sp³-hybridized carbons (Fsp3) is 0.780. The SMILES string of the molecule is O=C(CCOCCOCCOCCOCCn1cc(COCCOCCOCCOCCN2CCN(CCCCN3CCC[C@H]3CO)CC2)nn1)Oc1c(F)cc(F)cc1F. The van der Waals surface area contributed by atoms with Gasteiger partial charge < -0.3 is 52.6 Å². The van der Waals surface area contributed by atoms with E-state index in [9.17, 15) is 23.1 Å². The minimum absolute atomic E-state index is 0.0383. The Morgan fingerprint density at radius 2 is 1.15 bits per heavy atom. The minimum Gasteiger partial charge on any atom is -0.420 e. The average Bonchev–Trinajstić information content (AvgIpc) is 3.92. The molecule has 2 aliphatic heterocycles. The van der Waals surface area contributed by atoms with Crippen LogP contribution in [-0.2, 0) is 55.8 Å². The molecule has 20 heteroatoms. The van der Waals surface area contributed by atoms with Crippen LogP contribution < -0.4 is 4.74 Å². The number of unbranched alkanes of at least 4 members (excludes halogenated alkanes) is 1. The van der Waals surface area contributed by atoms with Gasteiger partial charge in [0.1, 0.15) is 11.5 Å². The zero-order chi connectivity index (χ0) is 43.2. The van der Waals surface area contributed by atoms with Crippen LogP contribution in [0.2, 0.25) is 0 Å². The van der Waals surface area contributed by atoms with Crippen molar-refractivity contribution in [3.8, 4) is 5.75 Å².